The van der Waals surface area contributed by atoms with Crippen LogP contribution in [-0.4, -0.2) is 61.6 Å². The molecule has 33 heavy (non-hydrogen) atoms. The number of nitrogens with zero attached hydrogens (tertiary/aromatic N) is 7. The van der Waals surface area contributed by atoms with Crippen molar-refractivity contribution in [3.63, 3.8) is 0 Å². The summed E-state index contributed by atoms with van der Waals surface area (Å²) < 4.78 is 10.4. The van der Waals surface area contributed by atoms with Crippen molar-refractivity contribution in [3.05, 3.63) is 30.2 Å². The lowest BCUT2D eigenvalue weighted by molar-refractivity contribution is 0.248. The van der Waals surface area contributed by atoms with E-state index in [-0.39, 0.29) is 6.04 Å². The molecular formula is C25H33N7O. The highest BCUT2D eigenvalue weighted by Crippen LogP contribution is 2.39. The van der Waals surface area contributed by atoms with Crippen LogP contribution in [0, 0.1) is 6.92 Å². The largest absolute Gasteiger partial charge is 0.491 e. The molecule has 0 N–H and O–H groups in total. The summed E-state index contributed by atoms with van der Waals surface area (Å²) in [7, 11) is 0. The third-order valence-corrected chi connectivity index (χ3v) is 7.14. The van der Waals surface area contributed by atoms with Gasteiger partial charge in [-0.2, -0.15) is 5.10 Å². The first-order valence-corrected chi connectivity index (χ1v) is 12.4. The van der Waals surface area contributed by atoms with E-state index in [1.165, 1.54) is 44.5 Å². The van der Waals surface area contributed by atoms with Crippen molar-refractivity contribution in [1.29, 1.82) is 0 Å². The zero-order chi connectivity index (χ0) is 22.5. The number of likely N-dealkylation sites (tertiary alicyclic amines) is 1. The average molecular weight is 448 g/mol. The zero-order valence-electron chi connectivity index (χ0n) is 19.9. The minimum atomic E-state index is 0.227. The summed E-state index contributed by atoms with van der Waals surface area (Å²) in [6, 6.07) is 6.90. The van der Waals surface area contributed by atoms with E-state index < -0.39 is 0 Å². The van der Waals surface area contributed by atoms with Gasteiger partial charge in [0.05, 0.1) is 18.3 Å². The van der Waals surface area contributed by atoms with Gasteiger partial charge in [0.25, 0.3) is 0 Å². The molecule has 174 valence electrons. The molecule has 2 fully saturated rings. The Hall–Kier alpha value is -2.87. The molecule has 1 aromatic carbocycles. The highest BCUT2D eigenvalue weighted by atomic mass is 16.5. The van der Waals surface area contributed by atoms with Crippen molar-refractivity contribution < 1.29 is 4.74 Å². The quantitative estimate of drug-likeness (QED) is 0.600. The monoisotopic (exact) mass is 447 g/mol. The fourth-order valence-corrected chi connectivity index (χ4v) is 5.59. The molecule has 6 rings (SSSR count). The zero-order valence-corrected chi connectivity index (χ0v) is 19.9. The molecule has 5 heterocycles. The van der Waals surface area contributed by atoms with E-state index in [0.29, 0.717) is 12.8 Å². The number of benzene rings is 1. The van der Waals surface area contributed by atoms with Crippen LogP contribution in [0.15, 0.2) is 24.4 Å². The second kappa shape index (κ2) is 8.17. The van der Waals surface area contributed by atoms with Gasteiger partial charge < -0.3 is 14.2 Å². The molecule has 0 bridgehead atoms. The van der Waals surface area contributed by atoms with Crippen molar-refractivity contribution in [1.82, 2.24) is 29.2 Å². The normalized spacial score (nSPS) is 20.7. The molecule has 0 saturated carbocycles. The lowest BCUT2D eigenvalue weighted by atomic mass is 10.1. The minimum absolute atomic E-state index is 0.227. The maximum Gasteiger partial charge on any atom is 0.178 e. The standard InChI is InChI=1S/C25H33N7O/c1-17(2)32-25(26-18(3)28-32)21-16-30-13-14-33-22-15-19(8-9-20(22)24(30)27-21)31-12-6-7-23(31)29-10-4-5-11-29/h8-9,15-17,23H,4-7,10-14H2,1-3H3. The van der Waals surface area contributed by atoms with E-state index in [4.69, 9.17) is 9.72 Å². The van der Waals surface area contributed by atoms with E-state index in [1.807, 2.05) is 11.6 Å². The van der Waals surface area contributed by atoms with Gasteiger partial charge in [-0.15, -0.1) is 0 Å². The first-order valence-electron chi connectivity index (χ1n) is 12.4. The van der Waals surface area contributed by atoms with Crippen LogP contribution in [0.1, 0.15) is 51.4 Å². The highest BCUT2D eigenvalue weighted by Gasteiger charge is 2.32. The van der Waals surface area contributed by atoms with Gasteiger partial charge in [-0.1, -0.05) is 0 Å². The third kappa shape index (κ3) is 3.60. The maximum atomic E-state index is 6.23. The van der Waals surface area contributed by atoms with Crippen LogP contribution in [0.2, 0.25) is 0 Å². The van der Waals surface area contributed by atoms with Crippen LogP contribution in [0.3, 0.4) is 0 Å². The Morgan fingerprint density at radius 2 is 1.85 bits per heavy atom. The summed E-state index contributed by atoms with van der Waals surface area (Å²) in [4.78, 5) is 14.9. The van der Waals surface area contributed by atoms with Gasteiger partial charge in [0.2, 0.25) is 0 Å². The number of hydrogen-bond acceptors (Lipinski definition) is 6. The predicted octanol–water partition coefficient (Wildman–Crippen LogP) is 4.11. The molecule has 3 aliphatic heterocycles. The van der Waals surface area contributed by atoms with Crippen LogP contribution < -0.4 is 9.64 Å². The van der Waals surface area contributed by atoms with Crippen LogP contribution in [0.25, 0.3) is 22.9 Å². The Morgan fingerprint density at radius 3 is 2.67 bits per heavy atom. The summed E-state index contributed by atoms with van der Waals surface area (Å²) in [6.45, 7) is 11.1. The molecule has 0 radical (unpaired) electrons. The lowest BCUT2D eigenvalue weighted by Crippen LogP contribution is -2.43. The molecule has 0 amide bonds. The molecule has 0 aliphatic carbocycles. The van der Waals surface area contributed by atoms with Crippen LogP contribution in [0.5, 0.6) is 5.75 Å². The molecule has 3 aliphatic rings. The van der Waals surface area contributed by atoms with Crippen LogP contribution in [-0.2, 0) is 6.54 Å². The summed E-state index contributed by atoms with van der Waals surface area (Å²) in [5.74, 6) is 3.47. The Balaban J connectivity index is 1.35. The minimum Gasteiger partial charge on any atom is -0.491 e. The first-order chi connectivity index (χ1) is 16.1. The van der Waals surface area contributed by atoms with Gasteiger partial charge in [-0.05, 0) is 58.6 Å². The van der Waals surface area contributed by atoms with E-state index in [2.05, 4.69) is 62.7 Å². The van der Waals surface area contributed by atoms with Gasteiger partial charge in [0, 0.05) is 43.6 Å². The van der Waals surface area contributed by atoms with E-state index in [0.717, 1.165) is 47.6 Å². The van der Waals surface area contributed by atoms with Gasteiger partial charge in [0.15, 0.2) is 5.82 Å². The molecule has 1 atom stereocenters. The number of anilines is 1. The summed E-state index contributed by atoms with van der Waals surface area (Å²) >= 11 is 0. The average Bonchev–Trinajstić information content (AvgIpc) is 3.58. The molecule has 1 unspecified atom stereocenters. The molecule has 2 saturated heterocycles. The second-order valence-electron chi connectivity index (χ2n) is 9.75. The van der Waals surface area contributed by atoms with E-state index >= 15 is 0 Å². The van der Waals surface area contributed by atoms with Gasteiger partial charge in [-0.3, -0.25) is 4.90 Å². The summed E-state index contributed by atoms with van der Waals surface area (Å²) in [5.41, 5.74) is 3.18. The summed E-state index contributed by atoms with van der Waals surface area (Å²) in [5, 5.41) is 4.57. The lowest BCUT2D eigenvalue weighted by Gasteiger charge is -2.34. The summed E-state index contributed by atoms with van der Waals surface area (Å²) in [6.07, 6.45) is 7.77. The molecule has 8 nitrogen and oxygen atoms in total. The van der Waals surface area contributed by atoms with Gasteiger partial charge in [-0.25, -0.2) is 14.6 Å². The van der Waals surface area contributed by atoms with Crippen molar-refractivity contribution in [2.24, 2.45) is 0 Å². The molecule has 0 spiro atoms. The Kier molecular flexibility index (Phi) is 5.13. The number of aryl methyl sites for hydroxylation is 1. The predicted molar refractivity (Wildman–Crippen MR) is 128 cm³/mol. The number of hydrogen-bond donors (Lipinski definition) is 0. The van der Waals surface area contributed by atoms with Gasteiger partial charge >= 0.3 is 0 Å². The fraction of sp³-hybridized carbons (Fsp3) is 0.560. The SMILES string of the molecule is Cc1nc(-c2cn3c(n2)-c2ccc(N4CCCC4N4CCCC4)cc2OCC3)n(C(C)C)n1. The fourth-order valence-electron chi connectivity index (χ4n) is 5.59. The molecule has 2 aromatic heterocycles. The maximum absolute atomic E-state index is 6.23. The molecule has 3 aromatic rings. The smallest absolute Gasteiger partial charge is 0.178 e. The number of ether oxygens (including phenoxy) is 1. The third-order valence-electron chi connectivity index (χ3n) is 7.14. The van der Waals surface area contributed by atoms with Crippen molar-refractivity contribution in [2.45, 2.75) is 65.2 Å². The number of rotatable bonds is 4. The highest BCUT2D eigenvalue weighted by molar-refractivity contribution is 5.72. The number of fused-ring (bicyclic) bond motifs is 3. The Labute approximate surface area is 195 Å². The van der Waals surface area contributed by atoms with Crippen LogP contribution in [0.4, 0.5) is 5.69 Å². The van der Waals surface area contributed by atoms with E-state index in [1.54, 1.807) is 0 Å². The second-order valence-corrected chi connectivity index (χ2v) is 9.75. The number of imidazole rings is 1. The molecule has 8 heteroatoms. The Morgan fingerprint density at radius 1 is 1.00 bits per heavy atom. The molecular weight excluding hydrogens is 414 g/mol. The van der Waals surface area contributed by atoms with Crippen molar-refractivity contribution in [2.75, 3.05) is 31.1 Å². The first kappa shape index (κ1) is 20.7. The number of aromatic nitrogens is 5. The van der Waals surface area contributed by atoms with E-state index in [9.17, 15) is 0 Å². The van der Waals surface area contributed by atoms with Crippen molar-refractivity contribution in [3.8, 4) is 28.7 Å². The topological polar surface area (TPSA) is 64.2 Å². The van der Waals surface area contributed by atoms with Gasteiger partial charge in [0.1, 0.15) is 29.7 Å². The van der Waals surface area contributed by atoms with Crippen LogP contribution >= 0.6 is 0 Å². The Bertz CT molecular complexity index is 1160. The van der Waals surface area contributed by atoms with Crippen molar-refractivity contribution >= 4 is 5.69 Å².